The van der Waals surface area contributed by atoms with Gasteiger partial charge < -0.3 is 5.32 Å². The van der Waals surface area contributed by atoms with E-state index in [0.29, 0.717) is 22.7 Å². The van der Waals surface area contributed by atoms with E-state index in [-0.39, 0.29) is 5.91 Å². The Labute approximate surface area is 124 Å². The van der Waals surface area contributed by atoms with Crippen molar-refractivity contribution in [3.8, 4) is 0 Å². The molecule has 104 valence electrons. The quantitative estimate of drug-likeness (QED) is 0.837. The molecule has 1 fully saturated rings. The van der Waals surface area contributed by atoms with Crippen LogP contribution in [0.5, 0.6) is 0 Å². The molecule has 2 rings (SSSR count). The van der Waals surface area contributed by atoms with Crippen LogP contribution in [0.1, 0.15) is 42.1 Å². The molecule has 0 spiro atoms. The van der Waals surface area contributed by atoms with Crippen molar-refractivity contribution in [3.63, 3.8) is 0 Å². The number of carbonyl (C=O) groups excluding carboxylic acids is 1. The normalized spacial score (nSPS) is 22.4. The van der Waals surface area contributed by atoms with Crippen LogP contribution >= 0.6 is 23.4 Å². The minimum Gasteiger partial charge on any atom is -0.349 e. The Morgan fingerprint density at radius 1 is 1.47 bits per heavy atom. The van der Waals surface area contributed by atoms with E-state index in [1.54, 1.807) is 0 Å². The van der Waals surface area contributed by atoms with Gasteiger partial charge in [0.2, 0.25) is 0 Å². The highest BCUT2D eigenvalue weighted by molar-refractivity contribution is 7.99. The third-order valence-corrected chi connectivity index (χ3v) is 5.01. The van der Waals surface area contributed by atoms with E-state index in [9.17, 15) is 4.79 Å². The fourth-order valence-electron chi connectivity index (χ4n) is 2.52. The van der Waals surface area contributed by atoms with E-state index in [2.05, 4.69) is 12.2 Å². The number of rotatable bonds is 5. The van der Waals surface area contributed by atoms with Crippen molar-refractivity contribution in [2.75, 3.05) is 5.75 Å². The summed E-state index contributed by atoms with van der Waals surface area (Å²) >= 11 is 7.80. The Hall–Kier alpha value is -0.670. The molecule has 19 heavy (non-hydrogen) atoms. The maximum Gasteiger partial charge on any atom is 0.251 e. The molecular formula is C15H20ClNOS. The van der Waals surface area contributed by atoms with Gasteiger partial charge in [-0.05, 0) is 42.7 Å². The minimum absolute atomic E-state index is 0.0270. The Balaban J connectivity index is 1.90. The van der Waals surface area contributed by atoms with Crippen LogP contribution in [0.15, 0.2) is 24.3 Å². The lowest BCUT2D eigenvalue weighted by molar-refractivity contribution is 0.0938. The Bertz CT molecular complexity index is 438. The fraction of sp³-hybridized carbons (Fsp3) is 0.533. The molecule has 0 bridgehead atoms. The third-order valence-electron chi connectivity index (χ3n) is 3.47. The molecule has 1 amide bonds. The van der Waals surface area contributed by atoms with Gasteiger partial charge in [0, 0.05) is 22.7 Å². The molecule has 0 aromatic heterocycles. The summed E-state index contributed by atoms with van der Waals surface area (Å²) in [6.07, 6.45) is 3.41. The molecule has 0 aliphatic heterocycles. The molecule has 1 N–H and O–H groups in total. The number of hydrogen-bond acceptors (Lipinski definition) is 2. The lowest BCUT2D eigenvalue weighted by atomic mass is 10.1. The smallest absolute Gasteiger partial charge is 0.251 e. The standard InChI is InChI=1S/C15H20ClNOS/c1-2-19-14-7-6-13(9-14)17-15(18)12-5-3-4-11(8-12)10-16/h3-5,8,13-14H,2,6-7,9-10H2,1H3,(H,17,18). The van der Waals surface area contributed by atoms with Gasteiger partial charge in [-0.25, -0.2) is 0 Å². The summed E-state index contributed by atoms with van der Waals surface area (Å²) in [5.41, 5.74) is 1.70. The summed E-state index contributed by atoms with van der Waals surface area (Å²) in [5.74, 6) is 1.63. The van der Waals surface area contributed by atoms with Gasteiger partial charge in [0.05, 0.1) is 0 Å². The zero-order valence-electron chi connectivity index (χ0n) is 11.2. The maximum absolute atomic E-state index is 12.2. The lowest BCUT2D eigenvalue weighted by Gasteiger charge is -2.13. The second-order valence-electron chi connectivity index (χ2n) is 4.89. The van der Waals surface area contributed by atoms with Crippen molar-refractivity contribution < 1.29 is 4.79 Å². The van der Waals surface area contributed by atoms with Crippen LogP contribution in [0.2, 0.25) is 0 Å². The number of benzene rings is 1. The highest BCUT2D eigenvalue weighted by atomic mass is 35.5. The summed E-state index contributed by atoms with van der Waals surface area (Å²) in [6.45, 7) is 2.19. The van der Waals surface area contributed by atoms with E-state index in [4.69, 9.17) is 11.6 Å². The highest BCUT2D eigenvalue weighted by Crippen LogP contribution is 2.29. The predicted octanol–water partition coefficient (Wildman–Crippen LogP) is 3.83. The van der Waals surface area contributed by atoms with Gasteiger partial charge in [-0.15, -0.1) is 11.6 Å². The first kappa shape index (κ1) is 14.7. The highest BCUT2D eigenvalue weighted by Gasteiger charge is 2.25. The number of nitrogens with one attached hydrogen (secondary N) is 1. The molecular weight excluding hydrogens is 278 g/mol. The average molecular weight is 298 g/mol. The van der Waals surface area contributed by atoms with Crippen molar-refractivity contribution in [1.29, 1.82) is 0 Å². The van der Waals surface area contributed by atoms with E-state index >= 15 is 0 Å². The number of alkyl halides is 1. The van der Waals surface area contributed by atoms with Crippen LogP contribution in [-0.4, -0.2) is 23.0 Å². The van der Waals surface area contributed by atoms with Crippen molar-refractivity contribution in [2.45, 2.75) is 43.4 Å². The molecule has 0 saturated heterocycles. The summed E-state index contributed by atoms with van der Waals surface area (Å²) in [7, 11) is 0. The van der Waals surface area contributed by atoms with Crippen LogP contribution in [0.25, 0.3) is 0 Å². The summed E-state index contributed by atoms with van der Waals surface area (Å²) in [4.78, 5) is 12.2. The van der Waals surface area contributed by atoms with Gasteiger partial charge in [-0.1, -0.05) is 19.1 Å². The topological polar surface area (TPSA) is 29.1 Å². The molecule has 0 heterocycles. The van der Waals surface area contributed by atoms with E-state index in [1.807, 2.05) is 36.0 Å². The van der Waals surface area contributed by atoms with E-state index in [1.165, 1.54) is 6.42 Å². The number of amides is 1. The molecule has 1 aromatic rings. The van der Waals surface area contributed by atoms with Gasteiger partial charge in [0.1, 0.15) is 0 Å². The third kappa shape index (κ3) is 4.15. The van der Waals surface area contributed by atoms with Crippen molar-refractivity contribution in [1.82, 2.24) is 5.32 Å². The second kappa shape index (κ2) is 7.20. The number of hydrogen-bond donors (Lipinski definition) is 1. The predicted molar refractivity (Wildman–Crippen MR) is 83.0 cm³/mol. The largest absolute Gasteiger partial charge is 0.349 e. The first-order valence-corrected chi connectivity index (χ1v) is 8.38. The first-order valence-electron chi connectivity index (χ1n) is 6.80. The van der Waals surface area contributed by atoms with Gasteiger partial charge >= 0.3 is 0 Å². The zero-order valence-corrected chi connectivity index (χ0v) is 12.8. The molecule has 4 heteroatoms. The summed E-state index contributed by atoms with van der Waals surface area (Å²) in [6, 6.07) is 7.87. The van der Waals surface area contributed by atoms with E-state index in [0.717, 1.165) is 24.2 Å². The second-order valence-corrected chi connectivity index (χ2v) is 6.74. The molecule has 2 nitrogen and oxygen atoms in total. The van der Waals surface area contributed by atoms with E-state index < -0.39 is 0 Å². The summed E-state index contributed by atoms with van der Waals surface area (Å²) < 4.78 is 0. The van der Waals surface area contributed by atoms with Gasteiger partial charge in [0.15, 0.2) is 0 Å². The van der Waals surface area contributed by atoms with Crippen molar-refractivity contribution >= 4 is 29.3 Å². The minimum atomic E-state index is 0.0270. The molecule has 0 radical (unpaired) electrons. The van der Waals surface area contributed by atoms with Crippen molar-refractivity contribution in [2.24, 2.45) is 0 Å². The number of carbonyl (C=O) groups is 1. The number of thioether (sulfide) groups is 1. The Morgan fingerprint density at radius 2 is 2.32 bits per heavy atom. The summed E-state index contributed by atoms with van der Waals surface area (Å²) in [5, 5.41) is 3.85. The van der Waals surface area contributed by atoms with Crippen molar-refractivity contribution in [3.05, 3.63) is 35.4 Å². The molecule has 1 saturated carbocycles. The lowest BCUT2D eigenvalue weighted by Crippen LogP contribution is -2.33. The Kier molecular flexibility index (Phi) is 5.59. The molecule has 2 atom stereocenters. The van der Waals surface area contributed by atoms with Crippen LogP contribution in [0.4, 0.5) is 0 Å². The fourth-order valence-corrected chi connectivity index (χ4v) is 3.83. The van der Waals surface area contributed by atoms with Crippen LogP contribution in [0, 0.1) is 0 Å². The van der Waals surface area contributed by atoms with Gasteiger partial charge in [0.25, 0.3) is 5.91 Å². The Morgan fingerprint density at radius 3 is 3.05 bits per heavy atom. The molecule has 1 aliphatic carbocycles. The monoisotopic (exact) mass is 297 g/mol. The molecule has 1 aromatic carbocycles. The van der Waals surface area contributed by atoms with Gasteiger partial charge in [-0.3, -0.25) is 4.79 Å². The first-order chi connectivity index (χ1) is 9.22. The molecule has 2 unspecified atom stereocenters. The molecule has 1 aliphatic rings. The SMILES string of the molecule is CCSC1CCC(NC(=O)c2cccc(CCl)c2)C1. The van der Waals surface area contributed by atoms with Gasteiger partial charge in [-0.2, -0.15) is 11.8 Å². The average Bonchev–Trinajstić information content (AvgIpc) is 2.86. The zero-order chi connectivity index (χ0) is 13.7. The maximum atomic E-state index is 12.2. The van der Waals surface area contributed by atoms with Crippen LogP contribution < -0.4 is 5.32 Å². The van der Waals surface area contributed by atoms with Crippen LogP contribution in [-0.2, 0) is 5.88 Å². The number of halogens is 1. The van der Waals surface area contributed by atoms with Crippen LogP contribution in [0.3, 0.4) is 0 Å².